The van der Waals surface area contributed by atoms with E-state index in [0.29, 0.717) is 0 Å². The van der Waals surface area contributed by atoms with Crippen molar-refractivity contribution in [1.29, 1.82) is 0 Å². The lowest BCUT2D eigenvalue weighted by Crippen LogP contribution is -1.96. The van der Waals surface area contributed by atoms with E-state index in [1.165, 1.54) is 49.7 Å². The van der Waals surface area contributed by atoms with Crippen molar-refractivity contribution in [3.05, 3.63) is 94.4 Å². The summed E-state index contributed by atoms with van der Waals surface area (Å²) < 4.78 is 5.91. The minimum atomic E-state index is 0.932. The molecule has 0 atom stereocenters. The molecule has 1 nitrogen and oxygen atoms in total. The molecule has 1 heteroatoms. The Hall–Kier alpha value is -3.06. The Balaban J connectivity index is 1.78. The number of aryl methyl sites for hydroxylation is 2. The summed E-state index contributed by atoms with van der Waals surface area (Å²) in [6, 6.07) is 21.8. The molecular weight excluding hydrogens is 328 g/mol. The van der Waals surface area contributed by atoms with Crippen LogP contribution in [0.3, 0.4) is 0 Å². The maximum atomic E-state index is 5.91. The van der Waals surface area contributed by atoms with E-state index in [1.54, 1.807) is 0 Å². The predicted octanol–water partition coefficient (Wildman–Crippen LogP) is 7.12. The molecule has 4 aromatic rings. The van der Waals surface area contributed by atoms with Crippen LogP contribution in [0.1, 0.15) is 33.8 Å². The quantitative estimate of drug-likeness (QED) is 0.375. The fraction of sp³-hybridized carbons (Fsp3) is 0.154. The maximum absolute atomic E-state index is 5.91. The van der Waals surface area contributed by atoms with Crippen molar-refractivity contribution in [2.75, 3.05) is 0 Å². The highest BCUT2D eigenvalue weighted by Gasteiger charge is 2.23. The molecule has 5 rings (SSSR count). The van der Waals surface area contributed by atoms with Gasteiger partial charge in [-0.2, -0.15) is 0 Å². The van der Waals surface area contributed by atoms with Crippen LogP contribution in [-0.2, 0) is 6.42 Å². The molecule has 0 amide bonds. The van der Waals surface area contributed by atoms with Crippen molar-refractivity contribution >= 4 is 22.4 Å². The van der Waals surface area contributed by atoms with Crippen molar-refractivity contribution in [2.24, 2.45) is 0 Å². The largest absolute Gasteiger partial charge is 0.462 e. The summed E-state index contributed by atoms with van der Waals surface area (Å²) in [6.45, 7) is 6.47. The molecule has 27 heavy (non-hydrogen) atoms. The number of hydrogen-bond donors (Lipinski definition) is 0. The van der Waals surface area contributed by atoms with Crippen LogP contribution in [0.25, 0.3) is 33.5 Å². The van der Waals surface area contributed by atoms with Gasteiger partial charge in [-0.25, -0.2) is 0 Å². The SMILES string of the molecule is Cc1ccc(C2=Cc3c(cc(C)c(C)c3-c3cccc4ccccc34)C2)o1. The fourth-order valence-corrected chi connectivity index (χ4v) is 4.30. The van der Waals surface area contributed by atoms with Gasteiger partial charge in [-0.05, 0) is 88.7 Å². The first-order chi connectivity index (χ1) is 13.1. The number of allylic oxidation sites excluding steroid dienone is 1. The van der Waals surface area contributed by atoms with Crippen LogP contribution < -0.4 is 0 Å². The van der Waals surface area contributed by atoms with Crippen molar-refractivity contribution < 1.29 is 4.42 Å². The molecule has 0 unspecified atom stereocenters. The number of benzene rings is 3. The maximum Gasteiger partial charge on any atom is 0.130 e. The van der Waals surface area contributed by atoms with Crippen LogP contribution in [0, 0.1) is 20.8 Å². The summed E-state index contributed by atoms with van der Waals surface area (Å²) in [7, 11) is 0. The zero-order chi connectivity index (χ0) is 18.5. The van der Waals surface area contributed by atoms with E-state index in [-0.39, 0.29) is 0 Å². The Labute approximate surface area is 160 Å². The standard InChI is InChI=1S/C26H22O/c1-16-13-20-14-21(25-12-11-17(2)27-25)15-24(20)26(18(16)3)23-10-6-8-19-7-4-5-9-22(19)23/h4-13,15H,14H2,1-3H3. The lowest BCUT2D eigenvalue weighted by Gasteiger charge is -2.16. The summed E-state index contributed by atoms with van der Waals surface area (Å²) >= 11 is 0. The first-order valence-corrected chi connectivity index (χ1v) is 9.50. The second-order valence-electron chi connectivity index (χ2n) is 7.55. The topological polar surface area (TPSA) is 13.1 Å². The Kier molecular flexibility index (Phi) is 3.58. The van der Waals surface area contributed by atoms with Crippen molar-refractivity contribution in [1.82, 2.24) is 0 Å². The number of furan rings is 1. The Morgan fingerprint density at radius 2 is 1.67 bits per heavy atom. The Morgan fingerprint density at radius 3 is 2.48 bits per heavy atom. The Morgan fingerprint density at radius 1 is 0.852 bits per heavy atom. The molecule has 1 aliphatic rings. The molecule has 0 N–H and O–H groups in total. The van der Waals surface area contributed by atoms with E-state index in [2.05, 4.69) is 74.5 Å². The average molecular weight is 350 g/mol. The lowest BCUT2D eigenvalue weighted by atomic mass is 9.87. The second-order valence-corrected chi connectivity index (χ2v) is 7.55. The van der Waals surface area contributed by atoms with Gasteiger partial charge in [-0.1, -0.05) is 48.5 Å². The lowest BCUT2D eigenvalue weighted by molar-refractivity contribution is 0.521. The van der Waals surface area contributed by atoms with Gasteiger partial charge in [-0.3, -0.25) is 0 Å². The van der Waals surface area contributed by atoms with E-state index in [4.69, 9.17) is 4.42 Å². The summed E-state index contributed by atoms with van der Waals surface area (Å²) in [5.74, 6) is 1.95. The molecule has 0 saturated carbocycles. The zero-order valence-electron chi connectivity index (χ0n) is 16.0. The van der Waals surface area contributed by atoms with Crippen molar-refractivity contribution in [3.63, 3.8) is 0 Å². The van der Waals surface area contributed by atoms with Crippen LogP contribution in [0.2, 0.25) is 0 Å². The van der Waals surface area contributed by atoms with E-state index in [0.717, 1.165) is 17.9 Å². The minimum absolute atomic E-state index is 0.932. The molecule has 3 aromatic carbocycles. The molecule has 0 radical (unpaired) electrons. The highest BCUT2D eigenvalue weighted by Crippen LogP contribution is 2.42. The molecule has 0 aliphatic heterocycles. The monoisotopic (exact) mass is 350 g/mol. The van der Waals surface area contributed by atoms with Crippen molar-refractivity contribution in [2.45, 2.75) is 27.2 Å². The molecule has 0 fully saturated rings. The normalized spacial score (nSPS) is 13.1. The van der Waals surface area contributed by atoms with Crippen molar-refractivity contribution in [3.8, 4) is 11.1 Å². The van der Waals surface area contributed by atoms with Crippen LogP contribution in [0.5, 0.6) is 0 Å². The number of fused-ring (bicyclic) bond motifs is 2. The summed E-state index contributed by atoms with van der Waals surface area (Å²) in [5, 5.41) is 2.60. The van der Waals surface area contributed by atoms with Crippen LogP contribution in [0.4, 0.5) is 0 Å². The van der Waals surface area contributed by atoms with Crippen LogP contribution >= 0.6 is 0 Å². The molecule has 0 saturated heterocycles. The number of rotatable bonds is 2. The van der Waals surface area contributed by atoms with Gasteiger partial charge in [0.1, 0.15) is 11.5 Å². The van der Waals surface area contributed by atoms with Crippen LogP contribution in [0.15, 0.2) is 65.1 Å². The second kappa shape index (κ2) is 5.99. The summed E-state index contributed by atoms with van der Waals surface area (Å²) in [5.41, 5.74) is 9.40. The molecule has 1 heterocycles. The zero-order valence-corrected chi connectivity index (χ0v) is 16.0. The van der Waals surface area contributed by atoms with Gasteiger partial charge < -0.3 is 4.42 Å². The highest BCUT2D eigenvalue weighted by molar-refractivity contribution is 6.02. The third kappa shape index (κ3) is 2.54. The molecule has 1 aliphatic carbocycles. The first kappa shape index (κ1) is 16.1. The van der Waals surface area contributed by atoms with Gasteiger partial charge in [0.25, 0.3) is 0 Å². The first-order valence-electron chi connectivity index (χ1n) is 9.50. The molecule has 0 spiro atoms. The van der Waals surface area contributed by atoms with Gasteiger partial charge in [0.2, 0.25) is 0 Å². The molecule has 0 bridgehead atoms. The van der Waals surface area contributed by atoms with Gasteiger partial charge in [0, 0.05) is 6.42 Å². The fourth-order valence-electron chi connectivity index (χ4n) is 4.30. The van der Waals surface area contributed by atoms with E-state index < -0.39 is 0 Å². The minimum Gasteiger partial charge on any atom is -0.462 e. The van der Waals surface area contributed by atoms with Crippen LogP contribution in [-0.4, -0.2) is 0 Å². The van der Waals surface area contributed by atoms with E-state index in [1.807, 2.05) is 13.0 Å². The summed E-state index contributed by atoms with van der Waals surface area (Å²) in [6.07, 6.45) is 3.26. The molecular formula is C26H22O. The third-order valence-corrected chi connectivity index (χ3v) is 5.79. The van der Waals surface area contributed by atoms with Gasteiger partial charge >= 0.3 is 0 Å². The van der Waals surface area contributed by atoms with Gasteiger partial charge in [0.15, 0.2) is 0 Å². The predicted molar refractivity (Wildman–Crippen MR) is 114 cm³/mol. The summed E-state index contributed by atoms with van der Waals surface area (Å²) in [4.78, 5) is 0. The van der Waals surface area contributed by atoms with E-state index in [9.17, 15) is 0 Å². The molecule has 1 aromatic heterocycles. The molecule has 132 valence electrons. The third-order valence-electron chi connectivity index (χ3n) is 5.79. The average Bonchev–Trinajstić information content (AvgIpc) is 3.28. The smallest absolute Gasteiger partial charge is 0.130 e. The highest BCUT2D eigenvalue weighted by atomic mass is 16.3. The van der Waals surface area contributed by atoms with Gasteiger partial charge in [-0.15, -0.1) is 0 Å². The van der Waals surface area contributed by atoms with E-state index >= 15 is 0 Å². The number of hydrogen-bond acceptors (Lipinski definition) is 1. The van der Waals surface area contributed by atoms with Gasteiger partial charge in [0.05, 0.1) is 0 Å². The Bertz CT molecular complexity index is 1220.